The predicted octanol–water partition coefficient (Wildman–Crippen LogP) is 4.09. The number of piperidine rings is 2. The van der Waals surface area contributed by atoms with Crippen molar-refractivity contribution in [3.8, 4) is 5.75 Å². The van der Waals surface area contributed by atoms with Gasteiger partial charge in [-0.3, -0.25) is 9.69 Å². The molecule has 7 heteroatoms. The van der Waals surface area contributed by atoms with Crippen LogP contribution in [0.15, 0.2) is 34.7 Å². The van der Waals surface area contributed by atoms with Crippen LogP contribution in [0.1, 0.15) is 54.0 Å². The molecule has 2 aliphatic rings. The number of ether oxygens (including phenoxy) is 1. The fraction of sp³-hybridized carbons (Fsp3) is 0.522. The Labute approximate surface area is 182 Å². The lowest BCUT2D eigenvalue weighted by Gasteiger charge is -2.32. The van der Waals surface area contributed by atoms with Crippen LogP contribution in [0.3, 0.4) is 0 Å². The Morgan fingerprint density at radius 1 is 1.07 bits per heavy atom. The Morgan fingerprint density at radius 2 is 1.80 bits per heavy atom. The number of rotatable bonds is 6. The van der Waals surface area contributed by atoms with Crippen molar-refractivity contribution in [3.63, 3.8) is 0 Å². The van der Waals surface area contributed by atoms with Crippen LogP contribution in [0.5, 0.6) is 5.75 Å². The molecule has 0 saturated carbocycles. The van der Waals surface area contributed by atoms with Gasteiger partial charge in [0, 0.05) is 31.2 Å². The van der Waals surface area contributed by atoms with Gasteiger partial charge in [0.2, 0.25) is 0 Å². The van der Waals surface area contributed by atoms with Crippen molar-refractivity contribution in [3.05, 3.63) is 52.4 Å². The molecule has 2 fully saturated rings. The molecule has 1 N–H and O–H groups in total. The third kappa shape index (κ3) is 5.17. The molecule has 2 aromatic rings. The van der Waals surface area contributed by atoms with Gasteiger partial charge in [-0.15, -0.1) is 0 Å². The van der Waals surface area contributed by atoms with Gasteiger partial charge < -0.3 is 19.2 Å². The summed E-state index contributed by atoms with van der Waals surface area (Å²) < 4.78 is 11.9. The van der Waals surface area contributed by atoms with Crippen molar-refractivity contribution in [1.82, 2.24) is 9.80 Å². The summed E-state index contributed by atoms with van der Waals surface area (Å²) in [5, 5.41) is 9.71. The SMILES string of the molecule is O=C(c1ccc(Cl)cc1OC1CCN(Cc2ccc(CO)o2)CC1)N1CCCCC1. The molecule has 6 nitrogen and oxygen atoms in total. The van der Waals surface area contributed by atoms with Crippen LogP contribution in [-0.4, -0.2) is 53.1 Å². The molecular formula is C23H29ClN2O4. The van der Waals surface area contributed by atoms with Crippen molar-refractivity contribution >= 4 is 17.5 Å². The summed E-state index contributed by atoms with van der Waals surface area (Å²) in [7, 11) is 0. The summed E-state index contributed by atoms with van der Waals surface area (Å²) in [4.78, 5) is 17.3. The highest BCUT2D eigenvalue weighted by atomic mass is 35.5. The molecule has 0 aliphatic carbocycles. The van der Waals surface area contributed by atoms with Gasteiger partial charge in [0.05, 0.1) is 12.1 Å². The molecule has 0 spiro atoms. The predicted molar refractivity (Wildman–Crippen MR) is 115 cm³/mol. The number of amides is 1. The molecule has 0 atom stereocenters. The zero-order valence-corrected chi connectivity index (χ0v) is 17.9. The minimum atomic E-state index is -0.0754. The molecule has 1 amide bonds. The van der Waals surface area contributed by atoms with Gasteiger partial charge in [0.25, 0.3) is 5.91 Å². The molecule has 2 aliphatic heterocycles. The van der Waals surface area contributed by atoms with Gasteiger partial charge >= 0.3 is 0 Å². The average molecular weight is 433 g/mol. The average Bonchev–Trinajstić information content (AvgIpc) is 3.23. The standard InChI is InChI=1S/C23H29ClN2O4/c24-17-4-7-21(23(28)26-10-2-1-3-11-26)22(14-17)30-18-8-12-25(13-9-18)15-19-5-6-20(16-27)29-19/h4-7,14,18,27H,1-3,8-13,15-16H2. The smallest absolute Gasteiger partial charge is 0.257 e. The first-order valence-corrected chi connectivity index (χ1v) is 11.2. The Balaban J connectivity index is 1.36. The van der Waals surface area contributed by atoms with Crippen molar-refractivity contribution in [2.24, 2.45) is 0 Å². The number of nitrogens with zero attached hydrogens (tertiary/aromatic N) is 2. The highest BCUT2D eigenvalue weighted by Crippen LogP contribution is 2.29. The Bertz CT molecular complexity index is 855. The van der Waals surface area contributed by atoms with Crippen LogP contribution in [0.2, 0.25) is 5.02 Å². The quantitative estimate of drug-likeness (QED) is 0.744. The molecule has 0 radical (unpaired) electrons. The first kappa shape index (κ1) is 21.2. The van der Waals surface area contributed by atoms with Crippen molar-refractivity contribution < 1.29 is 19.1 Å². The number of aliphatic hydroxyl groups is 1. The van der Waals surface area contributed by atoms with Crippen LogP contribution in [0, 0.1) is 0 Å². The van der Waals surface area contributed by atoms with Gasteiger partial charge in [-0.2, -0.15) is 0 Å². The molecule has 162 valence electrons. The Hall–Kier alpha value is -2.02. The number of carbonyl (C=O) groups is 1. The number of carbonyl (C=O) groups excluding carboxylic acids is 1. The number of hydrogen-bond donors (Lipinski definition) is 1. The topological polar surface area (TPSA) is 66.1 Å². The molecule has 2 saturated heterocycles. The monoisotopic (exact) mass is 432 g/mol. The number of likely N-dealkylation sites (tertiary alicyclic amines) is 2. The minimum Gasteiger partial charge on any atom is -0.489 e. The highest BCUT2D eigenvalue weighted by Gasteiger charge is 2.26. The Kier molecular flexibility index (Phi) is 6.97. The van der Waals surface area contributed by atoms with E-state index in [4.69, 9.17) is 25.9 Å². The molecule has 0 unspecified atom stereocenters. The van der Waals surface area contributed by atoms with E-state index in [1.54, 1.807) is 18.2 Å². The number of hydrogen-bond acceptors (Lipinski definition) is 5. The number of furan rings is 1. The lowest BCUT2D eigenvalue weighted by molar-refractivity contribution is 0.0699. The van der Waals surface area contributed by atoms with E-state index >= 15 is 0 Å². The van der Waals surface area contributed by atoms with Crippen LogP contribution < -0.4 is 4.74 Å². The highest BCUT2D eigenvalue weighted by molar-refractivity contribution is 6.30. The van der Waals surface area contributed by atoms with E-state index in [-0.39, 0.29) is 18.6 Å². The Morgan fingerprint density at radius 3 is 2.50 bits per heavy atom. The second-order valence-electron chi connectivity index (χ2n) is 8.11. The maximum Gasteiger partial charge on any atom is 0.257 e. The fourth-order valence-corrected chi connectivity index (χ4v) is 4.38. The second-order valence-corrected chi connectivity index (χ2v) is 8.55. The third-order valence-corrected chi connectivity index (χ3v) is 6.13. The summed E-state index contributed by atoms with van der Waals surface area (Å²) in [6.45, 7) is 4.04. The fourth-order valence-electron chi connectivity index (χ4n) is 4.22. The van der Waals surface area contributed by atoms with E-state index < -0.39 is 0 Å². The number of benzene rings is 1. The lowest BCUT2D eigenvalue weighted by Crippen LogP contribution is -2.38. The van der Waals surface area contributed by atoms with Gasteiger partial charge in [0.1, 0.15) is 30.0 Å². The second kappa shape index (κ2) is 9.86. The van der Waals surface area contributed by atoms with Crippen LogP contribution in [0.4, 0.5) is 0 Å². The van der Waals surface area contributed by atoms with Gasteiger partial charge in [-0.05, 0) is 62.4 Å². The first-order chi connectivity index (χ1) is 14.6. The minimum absolute atomic E-state index is 0.0382. The molecule has 0 bridgehead atoms. The first-order valence-electron chi connectivity index (χ1n) is 10.8. The van der Waals surface area contributed by atoms with E-state index in [2.05, 4.69) is 4.90 Å². The van der Waals surface area contributed by atoms with Crippen molar-refractivity contribution in [2.75, 3.05) is 26.2 Å². The largest absolute Gasteiger partial charge is 0.489 e. The summed E-state index contributed by atoms with van der Waals surface area (Å²) in [5.74, 6) is 2.09. The maximum atomic E-state index is 13.0. The van der Waals surface area contributed by atoms with E-state index in [1.165, 1.54) is 6.42 Å². The van der Waals surface area contributed by atoms with E-state index in [1.807, 2.05) is 17.0 Å². The lowest BCUT2D eigenvalue weighted by atomic mass is 10.1. The zero-order chi connectivity index (χ0) is 20.9. The molecule has 3 heterocycles. The van der Waals surface area contributed by atoms with Crippen molar-refractivity contribution in [2.45, 2.75) is 51.4 Å². The molecule has 1 aromatic carbocycles. The van der Waals surface area contributed by atoms with Crippen LogP contribution in [-0.2, 0) is 13.2 Å². The summed E-state index contributed by atoms with van der Waals surface area (Å²) in [6.07, 6.45) is 5.10. The van der Waals surface area contributed by atoms with Crippen molar-refractivity contribution in [1.29, 1.82) is 0 Å². The van der Waals surface area contributed by atoms with Crippen LogP contribution in [0.25, 0.3) is 0 Å². The summed E-state index contributed by atoms with van der Waals surface area (Å²) in [5.41, 5.74) is 0.607. The molecule has 4 rings (SSSR count). The van der Waals surface area contributed by atoms with Gasteiger partial charge in [-0.1, -0.05) is 11.6 Å². The molecule has 30 heavy (non-hydrogen) atoms. The summed E-state index contributed by atoms with van der Waals surface area (Å²) in [6, 6.07) is 9.05. The third-order valence-electron chi connectivity index (χ3n) is 5.90. The van der Waals surface area contributed by atoms with E-state index in [9.17, 15) is 4.79 Å². The van der Waals surface area contributed by atoms with E-state index in [0.29, 0.717) is 22.1 Å². The zero-order valence-electron chi connectivity index (χ0n) is 17.2. The molecular weight excluding hydrogens is 404 g/mol. The van der Waals surface area contributed by atoms with Gasteiger partial charge in [0.15, 0.2) is 0 Å². The number of halogens is 1. The molecule has 1 aromatic heterocycles. The normalized spacial score (nSPS) is 18.5. The number of aliphatic hydroxyl groups excluding tert-OH is 1. The van der Waals surface area contributed by atoms with Gasteiger partial charge in [-0.25, -0.2) is 0 Å². The maximum absolute atomic E-state index is 13.0. The van der Waals surface area contributed by atoms with Crippen LogP contribution >= 0.6 is 11.6 Å². The van der Waals surface area contributed by atoms with E-state index in [0.717, 1.165) is 64.2 Å². The summed E-state index contributed by atoms with van der Waals surface area (Å²) >= 11 is 6.21.